The number of amides is 1. The monoisotopic (exact) mass is 362 g/mol. The molecule has 3 rings (SSSR count). The number of aromatic nitrogens is 2. The minimum absolute atomic E-state index is 0.203. The molecule has 25 heavy (non-hydrogen) atoms. The SMILES string of the molecule is NNC(=O)Cn1nc(N2CCN(c3cccc(Cl)c3)CC2)ccc1=O. The second kappa shape index (κ2) is 7.54. The lowest BCUT2D eigenvalue weighted by Crippen LogP contribution is -2.47. The number of nitrogens with one attached hydrogen (secondary N) is 1. The van der Waals surface area contributed by atoms with Crippen molar-refractivity contribution in [2.75, 3.05) is 36.0 Å². The van der Waals surface area contributed by atoms with Crippen molar-refractivity contribution in [3.63, 3.8) is 0 Å². The quantitative estimate of drug-likeness (QED) is 0.458. The van der Waals surface area contributed by atoms with Crippen LogP contribution < -0.4 is 26.6 Å². The van der Waals surface area contributed by atoms with E-state index in [-0.39, 0.29) is 12.1 Å². The molecular formula is C16H19ClN6O2. The largest absolute Gasteiger partial charge is 0.368 e. The second-order valence-corrected chi connectivity index (χ2v) is 6.15. The van der Waals surface area contributed by atoms with E-state index in [9.17, 15) is 9.59 Å². The molecule has 9 heteroatoms. The molecule has 1 fully saturated rings. The lowest BCUT2D eigenvalue weighted by atomic mass is 10.2. The van der Waals surface area contributed by atoms with Gasteiger partial charge in [0.05, 0.1) is 0 Å². The summed E-state index contributed by atoms with van der Waals surface area (Å²) in [5.74, 6) is 5.25. The maximum Gasteiger partial charge on any atom is 0.267 e. The maximum atomic E-state index is 11.8. The van der Waals surface area contributed by atoms with Crippen LogP contribution in [0.2, 0.25) is 5.02 Å². The van der Waals surface area contributed by atoms with E-state index in [1.54, 1.807) is 6.07 Å². The molecule has 3 N–H and O–H groups in total. The molecule has 1 saturated heterocycles. The van der Waals surface area contributed by atoms with Crippen molar-refractivity contribution in [2.24, 2.45) is 5.84 Å². The fourth-order valence-corrected chi connectivity index (χ4v) is 2.95. The molecule has 1 aliphatic rings. The molecule has 0 atom stereocenters. The van der Waals surface area contributed by atoms with Crippen LogP contribution in [0.1, 0.15) is 0 Å². The van der Waals surface area contributed by atoms with Crippen molar-refractivity contribution in [3.8, 4) is 0 Å². The summed E-state index contributed by atoms with van der Waals surface area (Å²) >= 11 is 6.05. The minimum Gasteiger partial charge on any atom is -0.368 e. The number of piperazine rings is 1. The van der Waals surface area contributed by atoms with Crippen molar-refractivity contribution in [1.82, 2.24) is 15.2 Å². The molecule has 0 spiro atoms. The van der Waals surface area contributed by atoms with Gasteiger partial charge in [-0.25, -0.2) is 10.5 Å². The molecule has 132 valence electrons. The number of carbonyl (C=O) groups is 1. The van der Waals surface area contributed by atoms with E-state index >= 15 is 0 Å². The van der Waals surface area contributed by atoms with E-state index in [0.29, 0.717) is 10.8 Å². The average Bonchev–Trinajstić information content (AvgIpc) is 2.63. The van der Waals surface area contributed by atoms with Crippen molar-refractivity contribution in [2.45, 2.75) is 6.54 Å². The third kappa shape index (κ3) is 4.09. The second-order valence-electron chi connectivity index (χ2n) is 5.71. The number of hydrogen-bond donors (Lipinski definition) is 2. The van der Waals surface area contributed by atoms with Gasteiger partial charge < -0.3 is 9.80 Å². The Morgan fingerprint density at radius 3 is 2.56 bits per heavy atom. The third-order valence-electron chi connectivity index (χ3n) is 4.08. The van der Waals surface area contributed by atoms with Crippen molar-refractivity contribution >= 4 is 29.0 Å². The molecule has 0 unspecified atom stereocenters. The van der Waals surface area contributed by atoms with Crippen molar-refractivity contribution in [1.29, 1.82) is 0 Å². The number of halogens is 1. The number of benzene rings is 1. The van der Waals surface area contributed by atoms with Crippen LogP contribution in [0.3, 0.4) is 0 Å². The number of nitrogens with zero attached hydrogens (tertiary/aromatic N) is 4. The Balaban J connectivity index is 1.69. The van der Waals surface area contributed by atoms with Gasteiger partial charge in [0.2, 0.25) is 0 Å². The molecule has 0 bridgehead atoms. The standard InChI is InChI=1S/C16H19ClN6O2/c17-12-2-1-3-13(10-12)21-6-8-22(9-7-21)14-4-5-16(25)23(20-14)11-15(24)19-18/h1-5,10H,6-9,11,18H2,(H,19,24). The summed E-state index contributed by atoms with van der Waals surface area (Å²) < 4.78 is 1.11. The van der Waals surface area contributed by atoms with Gasteiger partial charge in [-0.05, 0) is 24.3 Å². The molecule has 1 amide bonds. The maximum absolute atomic E-state index is 11.8. The van der Waals surface area contributed by atoms with Crippen LogP contribution in [0.25, 0.3) is 0 Å². The summed E-state index contributed by atoms with van der Waals surface area (Å²) in [7, 11) is 0. The summed E-state index contributed by atoms with van der Waals surface area (Å²) in [6, 6.07) is 10.9. The molecule has 1 aromatic heterocycles. The molecule has 1 aliphatic heterocycles. The van der Waals surface area contributed by atoms with Crippen molar-refractivity contribution < 1.29 is 4.79 Å². The van der Waals surface area contributed by atoms with Crippen LogP contribution in [-0.2, 0) is 11.3 Å². The highest BCUT2D eigenvalue weighted by atomic mass is 35.5. The van der Waals surface area contributed by atoms with E-state index in [1.807, 2.05) is 29.7 Å². The van der Waals surface area contributed by atoms with Crippen LogP contribution in [0.4, 0.5) is 11.5 Å². The first-order valence-electron chi connectivity index (χ1n) is 7.90. The molecule has 2 aromatic rings. The van der Waals surface area contributed by atoms with Crippen LogP contribution >= 0.6 is 11.6 Å². The zero-order valence-corrected chi connectivity index (χ0v) is 14.3. The van der Waals surface area contributed by atoms with Gasteiger partial charge in [0, 0.05) is 43.0 Å². The third-order valence-corrected chi connectivity index (χ3v) is 4.32. The van der Waals surface area contributed by atoms with Gasteiger partial charge in [-0.1, -0.05) is 17.7 Å². The Labute approximate surface area is 149 Å². The summed E-state index contributed by atoms with van der Waals surface area (Å²) in [5, 5.41) is 4.98. The summed E-state index contributed by atoms with van der Waals surface area (Å²) in [4.78, 5) is 27.5. The fraction of sp³-hybridized carbons (Fsp3) is 0.312. The number of anilines is 2. The summed E-state index contributed by atoms with van der Waals surface area (Å²) in [5.41, 5.74) is 2.74. The Morgan fingerprint density at radius 2 is 1.88 bits per heavy atom. The van der Waals surface area contributed by atoms with Gasteiger partial charge >= 0.3 is 0 Å². The summed E-state index contributed by atoms with van der Waals surface area (Å²) in [6.07, 6.45) is 0. The lowest BCUT2D eigenvalue weighted by Gasteiger charge is -2.36. The Kier molecular flexibility index (Phi) is 5.20. The smallest absolute Gasteiger partial charge is 0.267 e. The lowest BCUT2D eigenvalue weighted by molar-refractivity contribution is -0.121. The Bertz CT molecular complexity index is 816. The molecule has 0 radical (unpaired) electrons. The number of rotatable bonds is 4. The number of nitrogens with two attached hydrogens (primary N) is 1. The van der Waals surface area contributed by atoms with Crippen LogP contribution in [-0.4, -0.2) is 41.9 Å². The normalized spacial score (nSPS) is 14.5. The number of hydrogen-bond acceptors (Lipinski definition) is 6. The topological polar surface area (TPSA) is 96.5 Å². The predicted molar refractivity (Wildman–Crippen MR) is 96.7 cm³/mol. The van der Waals surface area contributed by atoms with Crippen LogP contribution in [0.15, 0.2) is 41.2 Å². The zero-order chi connectivity index (χ0) is 17.8. The molecule has 0 saturated carbocycles. The molecule has 0 aliphatic carbocycles. The molecular weight excluding hydrogens is 344 g/mol. The van der Waals surface area contributed by atoms with Gasteiger partial charge in [-0.15, -0.1) is 0 Å². The van der Waals surface area contributed by atoms with E-state index in [0.717, 1.165) is 36.5 Å². The number of hydrazine groups is 1. The first-order valence-corrected chi connectivity index (χ1v) is 8.28. The van der Waals surface area contributed by atoms with E-state index in [4.69, 9.17) is 17.4 Å². The first-order chi connectivity index (χ1) is 12.1. The van der Waals surface area contributed by atoms with Gasteiger partial charge in [0.15, 0.2) is 0 Å². The average molecular weight is 363 g/mol. The van der Waals surface area contributed by atoms with Crippen LogP contribution in [0.5, 0.6) is 0 Å². The first kappa shape index (κ1) is 17.2. The minimum atomic E-state index is -0.475. The highest BCUT2D eigenvalue weighted by molar-refractivity contribution is 6.30. The van der Waals surface area contributed by atoms with Gasteiger partial charge in [-0.3, -0.25) is 15.0 Å². The molecule has 2 heterocycles. The fourth-order valence-electron chi connectivity index (χ4n) is 2.77. The van der Waals surface area contributed by atoms with E-state index in [1.165, 1.54) is 6.07 Å². The molecule has 8 nitrogen and oxygen atoms in total. The highest BCUT2D eigenvalue weighted by Crippen LogP contribution is 2.21. The Hall–Kier alpha value is -2.58. The zero-order valence-electron chi connectivity index (χ0n) is 13.6. The van der Waals surface area contributed by atoms with Gasteiger partial charge in [0.25, 0.3) is 11.5 Å². The van der Waals surface area contributed by atoms with E-state index in [2.05, 4.69) is 14.9 Å². The summed E-state index contributed by atoms with van der Waals surface area (Å²) in [6.45, 7) is 2.92. The van der Waals surface area contributed by atoms with Gasteiger partial charge in [-0.2, -0.15) is 5.10 Å². The number of carbonyl (C=O) groups excluding carboxylic acids is 1. The Morgan fingerprint density at radius 1 is 1.16 bits per heavy atom. The molecule has 1 aromatic carbocycles. The van der Waals surface area contributed by atoms with E-state index < -0.39 is 5.91 Å². The van der Waals surface area contributed by atoms with Crippen LogP contribution in [0, 0.1) is 0 Å². The highest BCUT2D eigenvalue weighted by Gasteiger charge is 2.19. The predicted octanol–water partition coefficient (Wildman–Crippen LogP) is 0.213. The van der Waals surface area contributed by atoms with Gasteiger partial charge in [0.1, 0.15) is 12.4 Å². The van der Waals surface area contributed by atoms with Crippen molar-refractivity contribution in [3.05, 3.63) is 51.8 Å².